The summed E-state index contributed by atoms with van der Waals surface area (Å²) in [6.45, 7) is 0. The number of allylic oxidation sites excluding steroid dienone is 1. The molecule has 2 unspecified atom stereocenters. The zero-order valence-corrected chi connectivity index (χ0v) is 7.77. The van der Waals surface area contributed by atoms with Crippen molar-refractivity contribution in [2.75, 3.05) is 0 Å². The standard InChI is InChI=1S/C11H11NO2/c13-9-1-2-10(14)12(9)11-5-3-8(7-11)4-6-11/h1-3,5,8H,4,6-7H2. The molecule has 3 heteroatoms. The van der Waals surface area contributed by atoms with Gasteiger partial charge in [-0.15, -0.1) is 0 Å². The van der Waals surface area contributed by atoms with E-state index in [0.29, 0.717) is 5.92 Å². The normalized spacial score (nSPS) is 39.1. The molecule has 1 saturated carbocycles. The second-order valence-corrected chi connectivity index (χ2v) is 4.31. The lowest BCUT2D eigenvalue weighted by molar-refractivity contribution is -0.141. The van der Waals surface area contributed by atoms with Crippen LogP contribution in [0.25, 0.3) is 0 Å². The van der Waals surface area contributed by atoms with Crippen molar-refractivity contribution in [2.45, 2.75) is 24.8 Å². The van der Waals surface area contributed by atoms with Gasteiger partial charge in [-0.25, -0.2) is 0 Å². The van der Waals surface area contributed by atoms with Crippen LogP contribution in [0.15, 0.2) is 24.3 Å². The molecule has 3 nitrogen and oxygen atoms in total. The average molecular weight is 189 g/mol. The van der Waals surface area contributed by atoms with Crippen LogP contribution in [0.4, 0.5) is 0 Å². The highest BCUT2D eigenvalue weighted by atomic mass is 16.2. The Bertz CT molecular complexity index is 365. The van der Waals surface area contributed by atoms with Gasteiger partial charge in [-0.1, -0.05) is 12.2 Å². The zero-order chi connectivity index (χ0) is 9.76. The van der Waals surface area contributed by atoms with Crippen LogP contribution in [0.3, 0.4) is 0 Å². The van der Waals surface area contributed by atoms with Crippen molar-refractivity contribution < 1.29 is 9.59 Å². The van der Waals surface area contributed by atoms with Crippen LogP contribution in [-0.4, -0.2) is 22.3 Å². The number of rotatable bonds is 1. The van der Waals surface area contributed by atoms with Gasteiger partial charge in [0, 0.05) is 12.2 Å². The van der Waals surface area contributed by atoms with Gasteiger partial charge < -0.3 is 0 Å². The van der Waals surface area contributed by atoms with Crippen molar-refractivity contribution in [1.82, 2.24) is 4.90 Å². The molecule has 1 aliphatic heterocycles. The van der Waals surface area contributed by atoms with Gasteiger partial charge in [0.15, 0.2) is 0 Å². The van der Waals surface area contributed by atoms with Crippen LogP contribution in [0, 0.1) is 5.92 Å². The molecule has 1 heterocycles. The third-order valence-electron chi connectivity index (χ3n) is 3.50. The number of hydrogen-bond donors (Lipinski definition) is 0. The molecule has 1 fully saturated rings. The first-order valence-corrected chi connectivity index (χ1v) is 4.97. The highest BCUT2D eigenvalue weighted by Gasteiger charge is 2.49. The average Bonchev–Trinajstić information content (AvgIpc) is 2.81. The lowest BCUT2D eigenvalue weighted by Crippen LogP contribution is -2.48. The number of imide groups is 1. The monoisotopic (exact) mass is 189 g/mol. The van der Waals surface area contributed by atoms with Crippen molar-refractivity contribution >= 4 is 11.8 Å². The largest absolute Gasteiger partial charge is 0.269 e. The molecule has 0 radical (unpaired) electrons. The summed E-state index contributed by atoms with van der Waals surface area (Å²) in [5.41, 5.74) is -0.275. The molecular weight excluding hydrogens is 178 g/mol. The Morgan fingerprint density at radius 3 is 2.43 bits per heavy atom. The van der Waals surface area contributed by atoms with E-state index < -0.39 is 0 Å². The molecule has 2 atom stereocenters. The fourth-order valence-corrected chi connectivity index (χ4v) is 2.84. The molecule has 14 heavy (non-hydrogen) atoms. The smallest absolute Gasteiger partial charge is 0.254 e. The summed E-state index contributed by atoms with van der Waals surface area (Å²) in [7, 11) is 0. The van der Waals surface area contributed by atoms with Gasteiger partial charge in [0.2, 0.25) is 0 Å². The van der Waals surface area contributed by atoms with Gasteiger partial charge in [-0.3, -0.25) is 14.5 Å². The Morgan fingerprint density at radius 2 is 2.00 bits per heavy atom. The first kappa shape index (κ1) is 7.97. The maximum atomic E-state index is 11.5. The minimum atomic E-state index is -0.275. The Labute approximate surface area is 82.1 Å². The summed E-state index contributed by atoms with van der Waals surface area (Å²) in [5.74, 6) is 0.278. The summed E-state index contributed by atoms with van der Waals surface area (Å²) >= 11 is 0. The van der Waals surface area contributed by atoms with Gasteiger partial charge in [0.05, 0.1) is 5.54 Å². The van der Waals surface area contributed by atoms with Crippen molar-refractivity contribution in [1.29, 1.82) is 0 Å². The summed E-state index contributed by atoms with van der Waals surface area (Å²) in [6, 6.07) is 0. The van der Waals surface area contributed by atoms with E-state index in [4.69, 9.17) is 0 Å². The van der Waals surface area contributed by atoms with E-state index in [1.807, 2.05) is 6.08 Å². The number of amides is 2. The van der Waals surface area contributed by atoms with Crippen LogP contribution in [0.5, 0.6) is 0 Å². The third kappa shape index (κ3) is 0.820. The van der Waals surface area contributed by atoms with E-state index >= 15 is 0 Å². The zero-order valence-electron chi connectivity index (χ0n) is 7.77. The molecule has 2 amide bonds. The number of fused-ring (bicyclic) bond motifs is 2. The summed E-state index contributed by atoms with van der Waals surface area (Å²) in [5, 5.41) is 0. The first-order chi connectivity index (χ1) is 6.71. The van der Waals surface area contributed by atoms with E-state index in [1.165, 1.54) is 17.1 Å². The van der Waals surface area contributed by atoms with Gasteiger partial charge in [0.1, 0.15) is 0 Å². The van der Waals surface area contributed by atoms with Crippen LogP contribution in [0.1, 0.15) is 19.3 Å². The van der Waals surface area contributed by atoms with Crippen molar-refractivity contribution in [3.05, 3.63) is 24.3 Å². The van der Waals surface area contributed by atoms with Crippen LogP contribution < -0.4 is 0 Å². The topological polar surface area (TPSA) is 37.4 Å². The second-order valence-electron chi connectivity index (χ2n) is 4.31. The highest BCUT2D eigenvalue weighted by Crippen LogP contribution is 2.47. The number of carbonyl (C=O) groups excluding carboxylic acids is 2. The molecule has 0 aromatic carbocycles. The molecule has 72 valence electrons. The molecule has 2 aliphatic carbocycles. The lowest BCUT2D eigenvalue weighted by Gasteiger charge is -2.33. The molecule has 0 aromatic heterocycles. The van der Waals surface area contributed by atoms with E-state index in [1.54, 1.807) is 0 Å². The van der Waals surface area contributed by atoms with Crippen molar-refractivity contribution in [2.24, 2.45) is 5.92 Å². The Balaban J connectivity index is 2.00. The number of hydrogen-bond acceptors (Lipinski definition) is 2. The summed E-state index contributed by atoms with van der Waals surface area (Å²) in [6.07, 6.45) is 9.91. The van der Waals surface area contributed by atoms with Crippen molar-refractivity contribution in [3.63, 3.8) is 0 Å². The SMILES string of the molecule is O=C1C=CC(=O)N1C12C=CC(CC1)C2. The molecule has 3 aliphatic rings. The molecular formula is C11H11NO2. The predicted molar refractivity (Wildman–Crippen MR) is 50.2 cm³/mol. The Kier molecular flexibility index (Phi) is 1.34. The maximum absolute atomic E-state index is 11.5. The highest BCUT2D eigenvalue weighted by molar-refractivity contribution is 6.13. The summed E-state index contributed by atoms with van der Waals surface area (Å²) < 4.78 is 0. The van der Waals surface area contributed by atoms with Crippen LogP contribution in [0.2, 0.25) is 0 Å². The first-order valence-electron chi connectivity index (χ1n) is 4.97. The minimum absolute atomic E-state index is 0.151. The molecule has 0 spiro atoms. The molecule has 0 N–H and O–H groups in total. The fraction of sp³-hybridized carbons (Fsp3) is 0.455. The molecule has 0 saturated heterocycles. The quantitative estimate of drug-likeness (QED) is 0.456. The Morgan fingerprint density at radius 1 is 1.29 bits per heavy atom. The fourth-order valence-electron chi connectivity index (χ4n) is 2.84. The third-order valence-corrected chi connectivity index (χ3v) is 3.50. The van der Waals surface area contributed by atoms with Crippen molar-refractivity contribution in [3.8, 4) is 0 Å². The van der Waals surface area contributed by atoms with Gasteiger partial charge in [-0.05, 0) is 25.2 Å². The van der Waals surface area contributed by atoms with E-state index in [9.17, 15) is 9.59 Å². The van der Waals surface area contributed by atoms with Gasteiger partial charge in [-0.2, -0.15) is 0 Å². The van der Waals surface area contributed by atoms with Gasteiger partial charge >= 0.3 is 0 Å². The molecule has 3 rings (SSSR count). The predicted octanol–water partition coefficient (Wildman–Crippen LogP) is 1.02. The Hall–Kier alpha value is -1.38. The van der Waals surface area contributed by atoms with E-state index in [-0.39, 0.29) is 17.4 Å². The van der Waals surface area contributed by atoms with E-state index in [0.717, 1.165) is 19.3 Å². The maximum Gasteiger partial charge on any atom is 0.254 e. The second kappa shape index (κ2) is 2.35. The minimum Gasteiger partial charge on any atom is -0.269 e. The van der Waals surface area contributed by atoms with Crippen LogP contribution >= 0.6 is 0 Å². The molecule has 0 aromatic rings. The van der Waals surface area contributed by atoms with Crippen LogP contribution in [-0.2, 0) is 9.59 Å². The molecule has 2 bridgehead atoms. The summed E-state index contributed by atoms with van der Waals surface area (Å²) in [4.78, 5) is 24.5. The number of carbonyl (C=O) groups is 2. The lowest BCUT2D eigenvalue weighted by atomic mass is 9.97. The number of nitrogens with zero attached hydrogens (tertiary/aromatic N) is 1. The van der Waals surface area contributed by atoms with Gasteiger partial charge in [0.25, 0.3) is 11.8 Å². The van der Waals surface area contributed by atoms with E-state index in [2.05, 4.69) is 6.08 Å².